The molecule has 0 aromatic heterocycles. The smallest absolute Gasteiger partial charge is 0.224 e. The highest BCUT2D eigenvalue weighted by Gasteiger charge is 2.28. The minimum atomic E-state index is -0.328. The molecule has 2 unspecified atom stereocenters. The Hall–Kier alpha value is -1.17. The van der Waals surface area contributed by atoms with Crippen molar-refractivity contribution in [1.29, 1.82) is 0 Å². The van der Waals surface area contributed by atoms with Crippen molar-refractivity contribution in [2.45, 2.75) is 25.8 Å². The number of hydrogen-bond acceptors (Lipinski definition) is 3. The molecule has 1 saturated heterocycles. The van der Waals surface area contributed by atoms with E-state index >= 15 is 0 Å². The Balaban J connectivity index is 2.18. The lowest BCUT2D eigenvalue weighted by atomic mass is 10.0. The molecule has 2 atom stereocenters. The van der Waals surface area contributed by atoms with Crippen LogP contribution in [0.15, 0.2) is 18.2 Å². The number of halogens is 2. The first-order valence-corrected chi connectivity index (χ1v) is 8.08. The van der Waals surface area contributed by atoms with Gasteiger partial charge in [0.2, 0.25) is 5.91 Å². The van der Waals surface area contributed by atoms with Crippen LogP contribution in [-0.2, 0) is 4.79 Å². The van der Waals surface area contributed by atoms with Gasteiger partial charge in [0.1, 0.15) is 5.82 Å². The molecule has 2 rings (SSSR count). The molecule has 22 heavy (non-hydrogen) atoms. The molecule has 0 bridgehead atoms. The predicted octanol–water partition coefficient (Wildman–Crippen LogP) is 2.33. The molecular formula is C16H23ClFN3O. The molecule has 0 radical (unpaired) electrons. The summed E-state index contributed by atoms with van der Waals surface area (Å²) >= 11 is 6.21. The monoisotopic (exact) mass is 327 g/mol. The lowest BCUT2D eigenvalue weighted by molar-refractivity contribution is -0.124. The molecule has 0 spiro atoms. The number of hydrogen-bond donors (Lipinski definition) is 2. The first-order valence-electron chi connectivity index (χ1n) is 7.70. The van der Waals surface area contributed by atoms with Crippen LogP contribution in [0.1, 0.15) is 31.4 Å². The topological polar surface area (TPSA) is 58.4 Å². The van der Waals surface area contributed by atoms with E-state index < -0.39 is 0 Å². The van der Waals surface area contributed by atoms with Crippen molar-refractivity contribution in [3.05, 3.63) is 34.6 Å². The van der Waals surface area contributed by atoms with Crippen molar-refractivity contribution >= 4 is 17.5 Å². The number of carbonyl (C=O) groups excluding carboxylic acids is 1. The van der Waals surface area contributed by atoms with Gasteiger partial charge in [-0.25, -0.2) is 4.39 Å². The van der Waals surface area contributed by atoms with Gasteiger partial charge in [-0.05, 0) is 38.1 Å². The van der Waals surface area contributed by atoms with Crippen molar-refractivity contribution in [2.24, 2.45) is 11.7 Å². The zero-order valence-corrected chi connectivity index (χ0v) is 13.6. The SMILES string of the molecule is CC(CN)C(=O)NCC(c1c(F)cccc1Cl)N1CCCC1. The van der Waals surface area contributed by atoms with E-state index in [1.165, 1.54) is 6.07 Å². The summed E-state index contributed by atoms with van der Waals surface area (Å²) in [6.07, 6.45) is 2.16. The summed E-state index contributed by atoms with van der Waals surface area (Å²) in [4.78, 5) is 14.1. The molecule has 3 N–H and O–H groups in total. The quantitative estimate of drug-likeness (QED) is 0.843. The van der Waals surface area contributed by atoms with Crippen LogP contribution in [0.5, 0.6) is 0 Å². The maximum absolute atomic E-state index is 14.3. The summed E-state index contributed by atoms with van der Waals surface area (Å²) in [6, 6.07) is 4.45. The standard InChI is InChI=1S/C16H23ClFN3O/c1-11(9-19)16(22)20-10-14(21-7-2-3-8-21)15-12(17)5-4-6-13(15)18/h4-6,11,14H,2-3,7-10,19H2,1H3,(H,20,22). The lowest BCUT2D eigenvalue weighted by Crippen LogP contribution is -2.40. The van der Waals surface area contributed by atoms with Crippen LogP contribution in [0, 0.1) is 11.7 Å². The fourth-order valence-corrected chi connectivity index (χ4v) is 3.06. The van der Waals surface area contributed by atoms with E-state index in [0.717, 1.165) is 25.9 Å². The summed E-state index contributed by atoms with van der Waals surface area (Å²) in [5.74, 6) is -0.694. The van der Waals surface area contributed by atoms with E-state index in [1.807, 2.05) is 0 Å². The largest absolute Gasteiger partial charge is 0.354 e. The third-order valence-corrected chi connectivity index (χ3v) is 4.51. The Labute approximate surface area is 135 Å². The molecule has 1 aliphatic rings. The second-order valence-corrected chi connectivity index (χ2v) is 6.18. The van der Waals surface area contributed by atoms with Crippen LogP contribution in [0.4, 0.5) is 4.39 Å². The molecule has 6 heteroatoms. The van der Waals surface area contributed by atoms with E-state index in [-0.39, 0.29) is 23.7 Å². The summed E-state index contributed by atoms with van der Waals surface area (Å²) in [5.41, 5.74) is 5.97. The van der Waals surface area contributed by atoms with Crippen LogP contribution in [0.25, 0.3) is 0 Å². The van der Waals surface area contributed by atoms with Gasteiger partial charge in [0.15, 0.2) is 0 Å². The summed E-state index contributed by atoms with van der Waals surface area (Å²) in [5, 5.41) is 3.28. The first-order chi connectivity index (χ1) is 10.5. The third-order valence-electron chi connectivity index (χ3n) is 4.19. The maximum Gasteiger partial charge on any atom is 0.224 e. The minimum absolute atomic E-state index is 0.112. The van der Waals surface area contributed by atoms with Gasteiger partial charge in [0.25, 0.3) is 0 Å². The van der Waals surface area contributed by atoms with Crippen molar-refractivity contribution in [3.8, 4) is 0 Å². The van der Waals surface area contributed by atoms with E-state index in [2.05, 4.69) is 10.2 Å². The summed E-state index contributed by atoms with van der Waals surface area (Å²) in [6.45, 7) is 4.18. The van der Waals surface area contributed by atoms with Crippen LogP contribution < -0.4 is 11.1 Å². The summed E-state index contributed by atoms with van der Waals surface area (Å²) < 4.78 is 14.3. The van der Waals surface area contributed by atoms with Crippen molar-refractivity contribution in [1.82, 2.24) is 10.2 Å². The van der Waals surface area contributed by atoms with Gasteiger partial charge >= 0.3 is 0 Å². The highest BCUT2D eigenvalue weighted by Crippen LogP contribution is 2.31. The van der Waals surface area contributed by atoms with E-state index in [4.69, 9.17) is 17.3 Å². The number of amides is 1. The Kier molecular flexibility index (Phi) is 6.17. The van der Waals surface area contributed by atoms with Gasteiger partial charge in [0, 0.05) is 29.6 Å². The van der Waals surface area contributed by atoms with Crippen molar-refractivity contribution in [2.75, 3.05) is 26.2 Å². The molecular weight excluding hydrogens is 305 g/mol. The van der Waals surface area contributed by atoms with Crippen LogP contribution in [0.2, 0.25) is 5.02 Å². The number of carbonyl (C=O) groups is 1. The number of nitrogens with zero attached hydrogens (tertiary/aromatic N) is 1. The Morgan fingerprint density at radius 1 is 1.45 bits per heavy atom. The van der Waals surface area contributed by atoms with Gasteiger partial charge in [-0.1, -0.05) is 24.6 Å². The van der Waals surface area contributed by atoms with Gasteiger partial charge in [-0.3, -0.25) is 9.69 Å². The van der Waals surface area contributed by atoms with Crippen molar-refractivity contribution < 1.29 is 9.18 Å². The average molecular weight is 328 g/mol. The molecule has 1 aliphatic heterocycles. The Morgan fingerprint density at radius 2 is 2.14 bits per heavy atom. The second kappa shape index (κ2) is 7.90. The maximum atomic E-state index is 14.3. The highest BCUT2D eigenvalue weighted by atomic mass is 35.5. The van der Waals surface area contributed by atoms with Crippen LogP contribution in [0.3, 0.4) is 0 Å². The van der Waals surface area contributed by atoms with Gasteiger partial charge in [-0.2, -0.15) is 0 Å². The van der Waals surface area contributed by atoms with Crippen LogP contribution in [-0.4, -0.2) is 37.0 Å². The summed E-state index contributed by atoms with van der Waals surface area (Å²) in [7, 11) is 0. The molecule has 1 fully saturated rings. The number of rotatable bonds is 6. The predicted molar refractivity (Wildman–Crippen MR) is 86.2 cm³/mol. The molecule has 1 amide bonds. The minimum Gasteiger partial charge on any atom is -0.354 e. The number of nitrogens with two attached hydrogens (primary N) is 1. The third kappa shape index (κ3) is 3.97. The van der Waals surface area contributed by atoms with Gasteiger partial charge < -0.3 is 11.1 Å². The van der Waals surface area contributed by atoms with Gasteiger partial charge in [-0.15, -0.1) is 0 Å². The zero-order valence-electron chi connectivity index (χ0n) is 12.8. The number of nitrogens with one attached hydrogen (secondary N) is 1. The van der Waals surface area contributed by atoms with Crippen LogP contribution >= 0.6 is 11.6 Å². The molecule has 4 nitrogen and oxygen atoms in total. The number of likely N-dealkylation sites (tertiary alicyclic amines) is 1. The first kappa shape index (κ1) is 17.2. The average Bonchev–Trinajstić information content (AvgIpc) is 3.03. The molecule has 1 heterocycles. The fourth-order valence-electron chi connectivity index (χ4n) is 2.77. The molecule has 1 aromatic rings. The highest BCUT2D eigenvalue weighted by molar-refractivity contribution is 6.31. The Bertz CT molecular complexity index is 500. The zero-order chi connectivity index (χ0) is 16.1. The molecule has 122 valence electrons. The van der Waals surface area contributed by atoms with E-state index in [0.29, 0.717) is 23.7 Å². The molecule has 0 aliphatic carbocycles. The lowest BCUT2D eigenvalue weighted by Gasteiger charge is -2.29. The fraction of sp³-hybridized carbons (Fsp3) is 0.562. The van der Waals surface area contributed by atoms with E-state index in [1.54, 1.807) is 19.1 Å². The number of benzene rings is 1. The molecule has 1 aromatic carbocycles. The van der Waals surface area contributed by atoms with E-state index in [9.17, 15) is 9.18 Å². The Morgan fingerprint density at radius 3 is 2.73 bits per heavy atom. The van der Waals surface area contributed by atoms with Crippen molar-refractivity contribution in [3.63, 3.8) is 0 Å². The van der Waals surface area contributed by atoms with Gasteiger partial charge in [0.05, 0.1) is 6.04 Å². The second-order valence-electron chi connectivity index (χ2n) is 5.78. The molecule has 0 saturated carbocycles. The normalized spacial score (nSPS) is 18.2.